The van der Waals surface area contributed by atoms with Crippen molar-refractivity contribution in [3.8, 4) is 0 Å². The Kier molecular flexibility index (Phi) is 6.22. The second-order valence-electron chi connectivity index (χ2n) is 5.61. The summed E-state index contributed by atoms with van der Waals surface area (Å²) in [6, 6.07) is 17.0. The molecule has 8 heteroatoms. The van der Waals surface area contributed by atoms with Crippen molar-refractivity contribution in [1.82, 2.24) is 15.0 Å². The number of hydrogen-bond donors (Lipinski definition) is 2. The van der Waals surface area contributed by atoms with Gasteiger partial charge in [0.15, 0.2) is 0 Å². The molecule has 3 aromatic rings. The maximum Gasteiger partial charge on any atom is 0.337 e. The van der Waals surface area contributed by atoms with Crippen LogP contribution in [-0.4, -0.2) is 28.0 Å². The molecule has 3 rings (SSSR count). The third kappa shape index (κ3) is 5.42. The van der Waals surface area contributed by atoms with Crippen LogP contribution in [0.15, 0.2) is 54.6 Å². The first kappa shape index (κ1) is 18.7. The summed E-state index contributed by atoms with van der Waals surface area (Å²) in [5.41, 5.74) is 8.31. The summed E-state index contributed by atoms with van der Waals surface area (Å²) in [5.74, 6) is 2.22. The lowest BCUT2D eigenvalue weighted by molar-refractivity contribution is 0.0600. The van der Waals surface area contributed by atoms with E-state index >= 15 is 0 Å². The van der Waals surface area contributed by atoms with Crippen LogP contribution < -0.4 is 11.1 Å². The third-order valence-electron chi connectivity index (χ3n) is 3.60. The van der Waals surface area contributed by atoms with E-state index < -0.39 is 0 Å². The number of ether oxygens (including phenoxy) is 1. The molecular formula is C19H19N5O2S. The number of anilines is 3. The number of rotatable bonds is 7. The third-order valence-corrected chi connectivity index (χ3v) is 4.60. The molecule has 3 N–H and O–H groups in total. The fraction of sp³-hybridized carbons (Fsp3) is 0.158. The summed E-state index contributed by atoms with van der Waals surface area (Å²) in [4.78, 5) is 24.2. The van der Waals surface area contributed by atoms with Crippen LogP contribution in [-0.2, 0) is 16.2 Å². The Morgan fingerprint density at radius 2 is 1.78 bits per heavy atom. The van der Waals surface area contributed by atoms with Gasteiger partial charge in [-0.15, -0.1) is 11.8 Å². The second kappa shape index (κ2) is 9.00. The highest BCUT2D eigenvalue weighted by Gasteiger charge is 2.07. The highest BCUT2D eigenvalue weighted by molar-refractivity contribution is 7.97. The van der Waals surface area contributed by atoms with Gasteiger partial charge < -0.3 is 15.8 Å². The van der Waals surface area contributed by atoms with Crippen molar-refractivity contribution in [3.63, 3.8) is 0 Å². The van der Waals surface area contributed by atoms with Gasteiger partial charge in [-0.2, -0.15) is 15.0 Å². The number of esters is 1. The van der Waals surface area contributed by atoms with E-state index in [4.69, 9.17) is 10.5 Å². The van der Waals surface area contributed by atoms with Gasteiger partial charge in [-0.3, -0.25) is 0 Å². The maximum absolute atomic E-state index is 11.5. The van der Waals surface area contributed by atoms with E-state index in [0.29, 0.717) is 23.1 Å². The molecule has 0 radical (unpaired) electrons. The first-order valence-corrected chi connectivity index (χ1v) is 9.37. The minimum Gasteiger partial charge on any atom is -0.465 e. The number of hydrogen-bond acceptors (Lipinski definition) is 8. The molecule has 0 aliphatic heterocycles. The molecule has 0 atom stereocenters. The molecule has 0 amide bonds. The van der Waals surface area contributed by atoms with E-state index in [1.807, 2.05) is 42.5 Å². The van der Waals surface area contributed by atoms with E-state index in [1.165, 1.54) is 7.11 Å². The smallest absolute Gasteiger partial charge is 0.337 e. The van der Waals surface area contributed by atoms with Crippen LogP contribution in [0.3, 0.4) is 0 Å². The highest BCUT2D eigenvalue weighted by atomic mass is 32.2. The number of nitrogens with zero attached hydrogens (tertiary/aromatic N) is 3. The molecule has 0 aliphatic carbocycles. The molecule has 138 valence electrons. The topological polar surface area (TPSA) is 103 Å². The Labute approximate surface area is 161 Å². The van der Waals surface area contributed by atoms with Crippen molar-refractivity contribution in [2.24, 2.45) is 0 Å². The number of nitrogens with one attached hydrogen (secondary N) is 1. The zero-order valence-electron chi connectivity index (χ0n) is 14.8. The molecule has 0 unspecified atom stereocenters. The molecular weight excluding hydrogens is 362 g/mol. The Morgan fingerprint density at radius 3 is 2.48 bits per heavy atom. The number of methoxy groups -OCH3 is 1. The van der Waals surface area contributed by atoms with Crippen LogP contribution in [0.1, 0.15) is 21.7 Å². The van der Waals surface area contributed by atoms with Gasteiger partial charge in [0.25, 0.3) is 0 Å². The van der Waals surface area contributed by atoms with Gasteiger partial charge in [0, 0.05) is 11.4 Å². The Balaban J connectivity index is 1.58. The fourth-order valence-electron chi connectivity index (χ4n) is 2.32. The first-order valence-electron chi connectivity index (χ1n) is 8.21. The number of nitrogen functional groups attached to an aromatic ring is 1. The lowest BCUT2D eigenvalue weighted by atomic mass is 10.1. The molecule has 0 bridgehead atoms. The first-order chi connectivity index (χ1) is 13.1. The van der Waals surface area contributed by atoms with Crippen molar-refractivity contribution in [2.75, 3.05) is 18.2 Å². The van der Waals surface area contributed by atoms with Crippen molar-refractivity contribution in [2.45, 2.75) is 11.5 Å². The van der Waals surface area contributed by atoms with E-state index in [-0.39, 0.29) is 11.9 Å². The molecule has 1 aromatic heterocycles. The Bertz CT molecular complexity index is 904. The number of thioether (sulfide) groups is 1. The van der Waals surface area contributed by atoms with Crippen LogP contribution in [0.5, 0.6) is 0 Å². The second-order valence-corrected chi connectivity index (χ2v) is 6.59. The largest absolute Gasteiger partial charge is 0.465 e. The fourth-order valence-corrected chi connectivity index (χ4v) is 3.17. The van der Waals surface area contributed by atoms with E-state index in [0.717, 1.165) is 17.0 Å². The van der Waals surface area contributed by atoms with Gasteiger partial charge in [0.1, 0.15) is 5.82 Å². The number of benzene rings is 2. The summed E-state index contributed by atoms with van der Waals surface area (Å²) in [5, 5.41) is 3.12. The van der Waals surface area contributed by atoms with Gasteiger partial charge in [0.2, 0.25) is 11.9 Å². The van der Waals surface area contributed by atoms with Gasteiger partial charge in [-0.05, 0) is 29.8 Å². The van der Waals surface area contributed by atoms with Crippen molar-refractivity contribution >= 4 is 35.3 Å². The Morgan fingerprint density at radius 1 is 1.04 bits per heavy atom. The highest BCUT2D eigenvalue weighted by Crippen LogP contribution is 2.19. The van der Waals surface area contributed by atoms with Crippen molar-refractivity contribution < 1.29 is 9.53 Å². The van der Waals surface area contributed by atoms with Crippen LogP contribution in [0.4, 0.5) is 17.6 Å². The number of nitrogens with two attached hydrogens (primary N) is 1. The summed E-state index contributed by atoms with van der Waals surface area (Å²) >= 11 is 1.65. The SMILES string of the molecule is COC(=O)c1ccc(CSCc2nc(N)nc(Nc3ccccc3)n2)cc1. The lowest BCUT2D eigenvalue weighted by Gasteiger charge is -2.07. The molecule has 7 nitrogen and oxygen atoms in total. The molecule has 27 heavy (non-hydrogen) atoms. The summed E-state index contributed by atoms with van der Waals surface area (Å²) < 4.78 is 4.70. The molecule has 0 fully saturated rings. The average molecular weight is 381 g/mol. The van der Waals surface area contributed by atoms with E-state index in [2.05, 4.69) is 20.3 Å². The molecule has 0 aliphatic rings. The Hall–Kier alpha value is -3.13. The standard InChI is InChI=1S/C19H19N5O2S/c1-26-17(25)14-9-7-13(8-10-14)11-27-12-16-22-18(20)24-19(23-16)21-15-5-3-2-4-6-15/h2-10H,11-12H2,1H3,(H3,20,21,22,23,24). The quantitative estimate of drug-likeness (QED) is 0.600. The molecule has 0 saturated heterocycles. The van der Waals surface area contributed by atoms with Gasteiger partial charge in [0.05, 0.1) is 18.4 Å². The molecule has 0 saturated carbocycles. The summed E-state index contributed by atoms with van der Waals surface area (Å²) in [6.45, 7) is 0. The minimum absolute atomic E-state index is 0.182. The monoisotopic (exact) mass is 381 g/mol. The molecule has 1 heterocycles. The lowest BCUT2D eigenvalue weighted by Crippen LogP contribution is -2.06. The van der Waals surface area contributed by atoms with E-state index in [9.17, 15) is 4.79 Å². The number of para-hydroxylation sites is 1. The zero-order chi connectivity index (χ0) is 19.1. The van der Waals surface area contributed by atoms with Gasteiger partial charge >= 0.3 is 5.97 Å². The van der Waals surface area contributed by atoms with Crippen LogP contribution >= 0.6 is 11.8 Å². The summed E-state index contributed by atoms with van der Waals surface area (Å²) in [6.07, 6.45) is 0. The predicted octanol–water partition coefficient (Wildman–Crippen LogP) is 3.42. The van der Waals surface area contributed by atoms with Crippen molar-refractivity contribution in [3.05, 3.63) is 71.5 Å². The maximum atomic E-state index is 11.5. The number of carbonyl (C=O) groups is 1. The normalized spacial score (nSPS) is 10.4. The van der Waals surface area contributed by atoms with Crippen LogP contribution in [0.2, 0.25) is 0 Å². The minimum atomic E-state index is -0.340. The van der Waals surface area contributed by atoms with Gasteiger partial charge in [-0.1, -0.05) is 30.3 Å². The molecule has 2 aromatic carbocycles. The number of aromatic nitrogens is 3. The predicted molar refractivity (Wildman–Crippen MR) is 107 cm³/mol. The molecule has 0 spiro atoms. The van der Waals surface area contributed by atoms with Crippen LogP contribution in [0.25, 0.3) is 0 Å². The van der Waals surface area contributed by atoms with Crippen LogP contribution in [0, 0.1) is 0 Å². The number of carbonyl (C=O) groups excluding carboxylic acids is 1. The summed E-state index contributed by atoms with van der Waals surface area (Å²) in [7, 11) is 1.37. The zero-order valence-corrected chi connectivity index (χ0v) is 15.6. The average Bonchev–Trinajstić information content (AvgIpc) is 2.68. The van der Waals surface area contributed by atoms with Gasteiger partial charge in [-0.25, -0.2) is 4.79 Å². The van der Waals surface area contributed by atoms with Crippen molar-refractivity contribution in [1.29, 1.82) is 0 Å². The van der Waals surface area contributed by atoms with E-state index in [1.54, 1.807) is 23.9 Å².